The van der Waals surface area contributed by atoms with Gasteiger partial charge >= 0.3 is 0 Å². The molecule has 0 atom stereocenters. The van der Waals surface area contributed by atoms with Crippen LogP contribution in [0.3, 0.4) is 0 Å². The molecule has 4 nitrogen and oxygen atoms in total. The quantitative estimate of drug-likeness (QED) is 0.537. The maximum Gasteiger partial charge on any atom is 0.240 e. The van der Waals surface area contributed by atoms with Crippen LogP contribution in [0, 0.1) is 0 Å². The van der Waals surface area contributed by atoms with Crippen LogP contribution in [0.25, 0.3) is 11.0 Å². The molecule has 13 heavy (non-hydrogen) atoms. The highest BCUT2D eigenvalue weighted by Gasteiger charge is 2.08. The van der Waals surface area contributed by atoms with Gasteiger partial charge < -0.3 is 0 Å². The van der Waals surface area contributed by atoms with Gasteiger partial charge in [-0.3, -0.25) is 0 Å². The Morgan fingerprint density at radius 1 is 1.46 bits per heavy atom. The van der Waals surface area contributed by atoms with Gasteiger partial charge in [-0.05, 0) is 12.1 Å². The smallest absolute Gasteiger partial charge is 0.211 e. The first-order chi connectivity index (χ1) is 6.33. The van der Waals surface area contributed by atoms with Gasteiger partial charge in [-0.15, -0.1) is 0 Å². The number of hydrogen-bond acceptors (Lipinski definition) is 5. The first-order valence-electron chi connectivity index (χ1n) is 3.31. The first kappa shape index (κ1) is 8.31. The minimum absolute atomic E-state index is 0.336. The van der Waals surface area contributed by atoms with E-state index in [1.54, 1.807) is 12.1 Å². The summed E-state index contributed by atoms with van der Waals surface area (Å²) < 4.78 is 7.96. The van der Waals surface area contributed by atoms with E-state index in [0.717, 1.165) is 11.7 Å². The minimum atomic E-state index is 0.336. The number of halogens is 1. The fraction of sp³-hybridized carbons (Fsp3) is 0. The molecule has 2 rings (SSSR count). The second-order valence-electron chi connectivity index (χ2n) is 2.23. The maximum atomic E-state index is 10.1. The number of nitrogens with zero attached hydrogens (tertiary/aromatic N) is 3. The molecular formula is C7H2ClN3OS. The van der Waals surface area contributed by atoms with Crippen molar-refractivity contribution < 1.29 is 4.79 Å². The molecule has 6 heteroatoms. The zero-order valence-corrected chi connectivity index (χ0v) is 7.76. The van der Waals surface area contributed by atoms with E-state index in [0.29, 0.717) is 21.7 Å². The third-order valence-corrected chi connectivity index (χ3v) is 2.36. The largest absolute Gasteiger partial charge is 0.240 e. The van der Waals surface area contributed by atoms with Gasteiger partial charge in [-0.1, -0.05) is 11.6 Å². The molecule has 0 N–H and O–H groups in total. The second-order valence-corrected chi connectivity index (χ2v) is 3.17. The molecule has 0 spiro atoms. The van der Waals surface area contributed by atoms with Gasteiger partial charge in [0.25, 0.3) is 0 Å². The van der Waals surface area contributed by atoms with E-state index in [1.807, 2.05) is 0 Å². The number of aromatic nitrogens is 2. The van der Waals surface area contributed by atoms with E-state index >= 15 is 0 Å². The zero-order chi connectivity index (χ0) is 9.26. The molecule has 0 saturated heterocycles. The van der Waals surface area contributed by atoms with Crippen LogP contribution in [0.2, 0.25) is 5.02 Å². The zero-order valence-electron chi connectivity index (χ0n) is 6.19. The van der Waals surface area contributed by atoms with Crippen LogP contribution >= 0.6 is 23.3 Å². The Kier molecular flexibility index (Phi) is 2.06. The fourth-order valence-electron chi connectivity index (χ4n) is 0.965. The summed E-state index contributed by atoms with van der Waals surface area (Å²) in [5, 5.41) is 0.378. The van der Waals surface area contributed by atoms with Crippen molar-refractivity contribution in [2.75, 3.05) is 0 Å². The van der Waals surface area contributed by atoms with Crippen molar-refractivity contribution in [2.24, 2.45) is 4.99 Å². The number of carbonyl (C=O) groups excluding carboxylic acids is 1. The number of aliphatic imine (C=N–C) groups is 1. The Balaban J connectivity index is 2.87. The first-order valence-corrected chi connectivity index (χ1v) is 4.42. The Morgan fingerprint density at radius 3 is 3.08 bits per heavy atom. The van der Waals surface area contributed by atoms with E-state index in [1.165, 1.54) is 6.08 Å². The second kappa shape index (κ2) is 3.22. The molecule has 1 aromatic carbocycles. The molecular weight excluding hydrogens is 210 g/mol. The average molecular weight is 212 g/mol. The molecule has 0 unspecified atom stereocenters. The molecule has 0 aliphatic carbocycles. The summed E-state index contributed by atoms with van der Waals surface area (Å²) in [5.74, 6) is 0. The standard InChI is InChI=1S/C7H2ClN3OS/c8-4-1-2-5-7(11-13-10-5)6(4)9-3-12/h1-2H. The van der Waals surface area contributed by atoms with Crippen molar-refractivity contribution >= 4 is 46.1 Å². The van der Waals surface area contributed by atoms with Crippen molar-refractivity contribution in [3.05, 3.63) is 17.2 Å². The SMILES string of the molecule is O=C=Nc1c(Cl)ccc2nsnc12. The lowest BCUT2D eigenvalue weighted by Gasteiger charge is -1.94. The van der Waals surface area contributed by atoms with E-state index in [2.05, 4.69) is 13.7 Å². The third kappa shape index (κ3) is 1.33. The van der Waals surface area contributed by atoms with Crippen LogP contribution in [0.4, 0.5) is 5.69 Å². The van der Waals surface area contributed by atoms with Crippen LogP contribution in [0.1, 0.15) is 0 Å². The normalized spacial score (nSPS) is 9.92. The lowest BCUT2D eigenvalue weighted by Crippen LogP contribution is -1.73. The average Bonchev–Trinajstić information content (AvgIpc) is 2.58. The summed E-state index contributed by atoms with van der Waals surface area (Å²) in [4.78, 5) is 13.6. The Morgan fingerprint density at radius 2 is 2.31 bits per heavy atom. The van der Waals surface area contributed by atoms with Gasteiger partial charge in [0.15, 0.2) is 0 Å². The van der Waals surface area contributed by atoms with Crippen molar-refractivity contribution in [2.45, 2.75) is 0 Å². The molecule has 1 aromatic heterocycles. The van der Waals surface area contributed by atoms with E-state index in [4.69, 9.17) is 11.6 Å². The lowest BCUT2D eigenvalue weighted by atomic mass is 10.3. The molecule has 0 bridgehead atoms. The summed E-state index contributed by atoms with van der Waals surface area (Å²) in [7, 11) is 0. The van der Waals surface area contributed by atoms with Gasteiger partial charge in [0, 0.05) is 0 Å². The highest BCUT2D eigenvalue weighted by Crippen LogP contribution is 2.31. The summed E-state index contributed by atoms with van der Waals surface area (Å²) in [5.41, 5.74) is 1.56. The summed E-state index contributed by atoms with van der Waals surface area (Å²) in [6, 6.07) is 3.35. The molecule has 0 amide bonds. The highest BCUT2D eigenvalue weighted by molar-refractivity contribution is 7.00. The third-order valence-electron chi connectivity index (χ3n) is 1.51. The van der Waals surface area contributed by atoms with Gasteiger partial charge in [0.05, 0.1) is 16.8 Å². The number of isocyanates is 1. The topological polar surface area (TPSA) is 55.2 Å². The molecule has 0 saturated carbocycles. The Bertz CT molecular complexity index is 503. The molecule has 0 aliphatic rings. The van der Waals surface area contributed by atoms with Gasteiger partial charge in [-0.25, -0.2) is 4.79 Å². The predicted octanol–water partition coefficient (Wildman–Crippen LogP) is 2.31. The fourth-order valence-corrected chi connectivity index (χ4v) is 1.70. The van der Waals surface area contributed by atoms with Crippen LogP contribution in [-0.2, 0) is 4.79 Å². The maximum absolute atomic E-state index is 10.1. The van der Waals surface area contributed by atoms with Crippen LogP contribution in [-0.4, -0.2) is 14.8 Å². The Hall–Kier alpha value is -1.29. The number of rotatable bonds is 1. The van der Waals surface area contributed by atoms with Crippen molar-refractivity contribution in [1.82, 2.24) is 8.75 Å². The van der Waals surface area contributed by atoms with Crippen molar-refractivity contribution in [3.8, 4) is 0 Å². The van der Waals surface area contributed by atoms with Crippen molar-refractivity contribution in [1.29, 1.82) is 0 Å². The van der Waals surface area contributed by atoms with Crippen LogP contribution in [0.5, 0.6) is 0 Å². The summed E-state index contributed by atoms with van der Waals surface area (Å²) >= 11 is 6.86. The number of benzene rings is 1. The van der Waals surface area contributed by atoms with Gasteiger partial charge in [0.2, 0.25) is 6.08 Å². The van der Waals surface area contributed by atoms with Gasteiger partial charge in [-0.2, -0.15) is 13.7 Å². The molecule has 0 aliphatic heterocycles. The van der Waals surface area contributed by atoms with E-state index in [9.17, 15) is 4.79 Å². The number of fused-ring (bicyclic) bond motifs is 1. The minimum Gasteiger partial charge on any atom is -0.211 e. The monoisotopic (exact) mass is 211 g/mol. The molecule has 0 radical (unpaired) electrons. The molecule has 64 valence electrons. The molecule has 0 fully saturated rings. The lowest BCUT2D eigenvalue weighted by molar-refractivity contribution is 0.565. The van der Waals surface area contributed by atoms with Gasteiger partial charge in [0.1, 0.15) is 16.7 Å². The molecule has 2 aromatic rings. The summed E-state index contributed by atoms with van der Waals surface area (Å²) in [6.45, 7) is 0. The van der Waals surface area contributed by atoms with Crippen LogP contribution < -0.4 is 0 Å². The van der Waals surface area contributed by atoms with E-state index in [-0.39, 0.29) is 0 Å². The molecule has 1 heterocycles. The van der Waals surface area contributed by atoms with Crippen LogP contribution in [0.15, 0.2) is 17.1 Å². The van der Waals surface area contributed by atoms with E-state index < -0.39 is 0 Å². The number of hydrogen-bond donors (Lipinski definition) is 0. The highest BCUT2D eigenvalue weighted by atomic mass is 35.5. The van der Waals surface area contributed by atoms with Crippen molar-refractivity contribution in [3.63, 3.8) is 0 Å². The summed E-state index contributed by atoms with van der Waals surface area (Å²) in [6.07, 6.45) is 1.43. The Labute approximate surface area is 82.2 Å². The predicted molar refractivity (Wildman–Crippen MR) is 50.2 cm³/mol.